The number of likely N-dealkylation sites (N-methyl/N-ethyl adjacent to an activating group) is 1. The van der Waals surface area contributed by atoms with E-state index >= 15 is 0 Å². The van der Waals surface area contributed by atoms with Crippen LogP contribution in [0.25, 0.3) is 0 Å². The van der Waals surface area contributed by atoms with Crippen LogP contribution in [-0.4, -0.2) is 125 Å². The highest BCUT2D eigenvalue weighted by atomic mass is 16.6. The summed E-state index contributed by atoms with van der Waals surface area (Å²) in [6.45, 7) is 0.647. The summed E-state index contributed by atoms with van der Waals surface area (Å²) in [5.74, 6) is -8.59. The molecule has 0 radical (unpaired) electrons. The first-order valence-electron chi connectivity index (χ1n) is 15.1. The van der Waals surface area contributed by atoms with Crippen molar-refractivity contribution in [1.82, 2.24) is 9.80 Å². The Morgan fingerprint density at radius 2 is 1.79 bits per heavy atom. The number of ether oxygens (including phenoxy) is 1. The number of phenols is 1. The van der Waals surface area contributed by atoms with E-state index < -0.39 is 89.1 Å². The number of ketones is 2. The lowest BCUT2D eigenvalue weighted by molar-refractivity contribution is -0.148. The number of unbranched alkanes of at least 4 members (excludes halogenated alkanes) is 1. The van der Waals surface area contributed by atoms with Crippen LogP contribution in [0.4, 0.5) is 16.2 Å². The number of rotatable bonds is 10. The van der Waals surface area contributed by atoms with Crippen LogP contribution in [0.15, 0.2) is 28.7 Å². The Morgan fingerprint density at radius 3 is 2.34 bits per heavy atom. The molecule has 0 aromatic heterocycles. The van der Waals surface area contributed by atoms with Gasteiger partial charge in [0.2, 0.25) is 11.7 Å². The first-order valence-corrected chi connectivity index (χ1v) is 15.1. The number of benzene rings is 1. The zero-order chi connectivity index (χ0) is 35.1. The molecule has 4 atom stereocenters. The van der Waals surface area contributed by atoms with Crippen molar-refractivity contribution in [3.05, 3.63) is 39.9 Å². The van der Waals surface area contributed by atoms with E-state index in [1.54, 1.807) is 33.1 Å². The van der Waals surface area contributed by atoms with Crippen LogP contribution in [0.1, 0.15) is 42.1 Å². The Morgan fingerprint density at radius 1 is 1.13 bits per heavy atom. The number of amides is 3. The lowest BCUT2D eigenvalue weighted by Crippen LogP contribution is -2.63. The highest BCUT2D eigenvalue weighted by molar-refractivity contribution is 6.25. The second-order valence-electron chi connectivity index (χ2n) is 12.4. The van der Waals surface area contributed by atoms with Crippen molar-refractivity contribution in [1.29, 1.82) is 0 Å². The number of nitrogens with two attached hydrogens (primary N) is 1. The van der Waals surface area contributed by atoms with Gasteiger partial charge in [-0.3, -0.25) is 29.0 Å². The molecular formula is C31H41N5O11. The number of anilines is 2. The van der Waals surface area contributed by atoms with Crippen molar-refractivity contribution in [3.8, 4) is 5.75 Å². The number of hydrogen-bond acceptors (Lipinski definition) is 13. The third kappa shape index (κ3) is 5.87. The third-order valence-corrected chi connectivity index (χ3v) is 9.02. The van der Waals surface area contributed by atoms with Gasteiger partial charge in [0.1, 0.15) is 23.6 Å². The van der Waals surface area contributed by atoms with Gasteiger partial charge in [-0.25, -0.2) is 4.79 Å². The molecule has 3 aliphatic rings. The van der Waals surface area contributed by atoms with E-state index in [0.29, 0.717) is 24.1 Å². The van der Waals surface area contributed by atoms with Gasteiger partial charge in [-0.2, -0.15) is 0 Å². The summed E-state index contributed by atoms with van der Waals surface area (Å²) in [5.41, 5.74) is 1.69. The van der Waals surface area contributed by atoms with Gasteiger partial charge < -0.3 is 46.2 Å². The molecule has 16 nitrogen and oxygen atoms in total. The minimum atomic E-state index is -2.79. The highest BCUT2D eigenvalue weighted by Gasteiger charge is 2.63. The number of hydrogen-bond donors (Lipinski definition) is 7. The number of primary amides is 1. The van der Waals surface area contributed by atoms with Crippen LogP contribution in [-0.2, 0) is 25.5 Å². The summed E-state index contributed by atoms with van der Waals surface area (Å²) in [5, 5.41) is 57.2. The predicted molar refractivity (Wildman–Crippen MR) is 167 cm³/mol. The maximum atomic E-state index is 14.2. The van der Waals surface area contributed by atoms with Gasteiger partial charge in [-0.15, -0.1) is 0 Å². The molecule has 256 valence electrons. The number of fused-ring (bicyclic) bond motifs is 3. The quantitative estimate of drug-likeness (QED) is 0.102. The van der Waals surface area contributed by atoms with Gasteiger partial charge in [-0.05, 0) is 50.9 Å². The van der Waals surface area contributed by atoms with E-state index in [-0.39, 0.29) is 36.2 Å². The molecule has 0 unspecified atom stereocenters. The Kier molecular flexibility index (Phi) is 9.89. The summed E-state index contributed by atoms with van der Waals surface area (Å²) < 4.78 is 4.62. The Labute approximate surface area is 270 Å². The Bertz CT molecular complexity index is 1580. The normalized spacial score (nSPS) is 23.6. The summed E-state index contributed by atoms with van der Waals surface area (Å²) >= 11 is 0. The number of allylic oxidation sites excluding steroid dienone is 1. The van der Waals surface area contributed by atoms with Crippen molar-refractivity contribution >= 4 is 40.8 Å². The first-order chi connectivity index (χ1) is 22.0. The number of aliphatic hydroxyl groups excluding tert-OH is 3. The van der Waals surface area contributed by atoms with Gasteiger partial charge in [0.05, 0.1) is 17.3 Å². The molecule has 0 saturated carbocycles. The van der Waals surface area contributed by atoms with Crippen LogP contribution in [0, 0.1) is 11.8 Å². The standard InChI is InChI=1S/C31H41N5O11/c1-6-7-8-36(30(45)47-13-37)12-19(38)33-17-11-18(34(2)3)15-9-14-10-16-23(35(4)5)26(41)22(29(32)44)28(43)31(16,46)27(42)20(14)25(40)21(15)24(17)39/h11,14,16,23,37,39,41-42,46H,6-10,12-13H2,1-5H3,(H2,32,44)(H,33,38)/t14-,16-,23-,31-/m0/s1. The molecule has 16 heteroatoms. The second kappa shape index (κ2) is 13.2. The zero-order valence-corrected chi connectivity index (χ0v) is 26.9. The van der Waals surface area contributed by atoms with Crippen LogP contribution >= 0.6 is 0 Å². The summed E-state index contributed by atoms with van der Waals surface area (Å²) in [4.78, 5) is 69.5. The second-order valence-corrected chi connectivity index (χ2v) is 12.4. The molecule has 47 heavy (non-hydrogen) atoms. The van der Waals surface area contributed by atoms with E-state index in [1.165, 1.54) is 11.0 Å². The van der Waals surface area contributed by atoms with Gasteiger partial charge in [0.15, 0.2) is 23.9 Å². The fourth-order valence-electron chi connectivity index (χ4n) is 6.89. The molecule has 0 saturated heterocycles. The molecule has 0 fully saturated rings. The summed E-state index contributed by atoms with van der Waals surface area (Å²) in [6, 6.07) is 0.335. The number of nitrogens with one attached hydrogen (secondary N) is 1. The van der Waals surface area contributed by atoms with Crippen LogP contribution in [0.3, 0.4) is 0 Å². The molecule has 8 N–H and O–H groups in total. The molecule has 1 aromatic carbocycles. The number of carbonyl (C=O) groups is 5. The topological polar surface area (TPSA) is 243 Å². The van der Waals surface area contributed by atoms with Crippen LogP contribution in [0.5, 0.6) is 5.75 Å². The number of Topliss-reactive ketones (excluding diaryl/α,β-unsaturated/α-hetero) is 2. The lowest BCUT2D eigenvalue weighted by Gasteiger charge is -2.50. The fourth-order valence-corrected chi connectivity index (χ4v) is 6.89. The number of aliphatic hydroxyl groups is 4. The fraction of sp³-hybridized carbons (Fsp3) is 0.516. The van der Waals surface area contributed by atoms with Gasteiger partial charge >= 0.3 is 6.09 Å². The van der Waals surface area contributed by atoms with Gasteiger partial charge in [-0.1, -0.05) is 13.3 Å². The van der Waals surface area contributed by atoms with Gasteiger partial charge in [0.25, 0.3) is 5.91 Å². The Hall–Kier alpha value is -4.67. The maximum Gasteiger partial charge on any atom is 0.412 e. The molecular weight excluding hydrogens is 618 g/mol. The number of nitrogens with zero attached hydrogens (tertiary/aromatic N) is 3. The van der Waals surface area contributed by atoms with Crippen molar-refractivity contribution in [2.45, 2.75) is 44.2 Å². The minimum absolute atomic E-state index is 0.0572. The van der Waals surface area contributed by atoms with E-state index in [0.717, 1.165) is 4.90 Å². The highest BCUT2D eigenvalue weighted by Crippen LogP contribution is 2.53. The van der Waals surface area contributed by atoms with Gasteiger partial charge in [0, 0.05) is 37.8 Å². The third-order valence-electron chi connectivity index (χ3n) is 9.02. The van der Waals surface area contributed by atoms with Crippen LogP contribution < -0.4 is 16.0 Å². The van der Waals surface area contributed by atoms with Crippen molar-refractivity contribution in [3.63, 3.8) is 0 Å². The number of phenolic OH excluding ortho intramolecular Hbond substituents is 1. The van der Waals surface area contributed by atoms with Crippen LogP contribution in [0.2, 0.25) is 0 Å². The molecule has 0 bridgehead atoms. The van der Waals surface area contributed by atoms with E-state index in [4.69, 9.17) is 10.8 Å². The number of aromatic hydroxyl groups is 1. The summed E-state index contributed by atoms with van der Waals surface area (Å²) in [6.07, 6.45) is 0.301. The van der Waals surface area contributed by atoms with Crippen molar-refractivity contribution < 1.29 is 54.2 Å². The van der Waals surface area contributed by atoms with E-state index in [9.17, 15) is 44.4 Å². The average Bonchev–Trinajstić information content (AvgIpc) is 2.98. The van der Waals surface area contributed by atoms with Crippen molar-refractivity contribution in [2.75, 3.05) is 58.3 Å². The molecule has 0 aliphatic heterocycles. The number of carbonyl (C=O) groups excluding carboxylic acids is 5. The predicted octanol–water partition coefficient (Wildman–Crippen LogP) is 0.314. The largest absolute Gasteiger partial charge is 0.510 e. The maximum absolute atomic E-state index is 14.2. The molecule has 1 aromatic rings. The van der Waals surface area contributed by atoms with E-state index in [1.807, 2.05) is 6.92 Å². The first kappa shape index (κ1) is 35.2. The Balaban J connectivity index is 1.81. The average molecular weight is 660 g/mol. The molecule has 3 aliphatic carbocycles. The smallest absolute Gasteiger partial charge is 0.412 e. The molecule has 3 amide bonds. The minimum Gasteiger partial charge on any atom is -0.510 e. The lowest BCUT2D eigenvalue weighted by atomic mass is 9.58. The molecule has 0 heterocycles. The zero-order valence-electron chi connectivity index (χ0n) is 26.9. The molecule has 4 rings (SSSR count). The summed E-state index contributed by atoms with van der Waals surface area (Å²) in [7, 11) is 6.45. The van der Waals surface area contributed by atoms with Crippen molar-refractivity contribution in [2.24, 2.45) is 17.6 Å². The molecule has 0 spiro atoms. The monoisotopic (exact) mass is 659 g/mol. The SMILES string of the molecule is CCCCN(CC(=O)Nc1cc(N(C)C)c2c(c1O)C(=O)C1=C(O)[C@]3(O)C(=O)C(C(N)=O)=C(O)[C@@H](N(C)C)[C@@H]3C[C@@H]1C2)C(=O)OCO. The van der Waals surface area contributed by atoms with E-state index in [2.05, 4.69) is 10.1 Å².